The van der Waals surface area contributed by atoms with Crippen molar-refractivity contribution >= 4 is 37.7 Å². The van der Waals surface area contributed by atoms with E-state index in [1.165, 1.54) is 6.08 Å². The number of fused-ring (bicyclic) bond motifs is 3. The van der Waals surface area contributed by atoms with Gasteiger partial charge in [0, 0.05) is 5.39 Å². The van der Waals surface area contributed by atoms with Gasteiger partial charge < -0.3 is 4.55 Å². The molecule has 5 heteroatoms. The van der Waals surface area contributed by atoms with Gasteiger partial charge in [-0.1, -0.05) is 61.2 Å². The summed E-state index contributed by atoms with van der Waals surface area (Å²) in [5, 5.41) is 3.12. The van der Waals surface area contributed by atoms with Crippen LogP contribution >= 0.6 is 0 Å². The summed E-state index contributed by atoms with van der Waals surface area (Å²) in [7, 11) is -4.56. The van der Waals surface area contributed by atoms with Crippen LogP contribution in [0.3, 0.4) is 0 Å². The standard InChI is InChI=1S/C16H12O3S.Li/c1-2-11-7-9-14-13-6-4-3-5-12(13)8-10-15(14)16(11)20(17,18)19;/h2-10H,1H2,(H,17,18,19);/q;+1/p-1. The molecule has 21 heavy (non-hydrogen) atoms. The minimum Gasteiger partial charge on any atom is -0.744 e. The van der Waals surface area contributed by atoms with Gasteiger partial charge in [0.2, 0.25) is 0 Å². The largest absolute Gasteiger partial charge is 1.00 e. The van der Waals surface area contributed by atoms with Crippen LogP contribution in [0.1, 0.15) is 5.56 Å². The van der Waals surface area contributed by atoms with Gasteiger partial charge in [-0.05, 0) is 21.7 Å². The van der Waals surface area contributed by atoms with Gasteiger partial charge in [-0.25, -0.2) is 8.42 Å². The predicted octanol–water partition coefficient (Wildman–Crippen LogP) is 0.544. The molecule has 3 nitrogen and oxygen atoms in total. The van der Waals surface area contributed by atoms with E-state index in [1.807, 2.05) is 36.4 Å². The van der Waals surface area contributed by atoms with Gasteiger partial charge in [-0.15, -0.1) is 0 Å². The van der Waals surface area contributed by atoms with E-state index in [0.717, 1.165) is 16.2 Å². The molecule has 0 amide bonds. The van der Waals surface area contributed by atoms with Crippen LogP contribution in [0.2, 0.25) is 0 Å². The van der Waals surface area contributed by atoms with Crippen LogP contribution in [0.25, 0.3) is 27.6 Å². The number of hydrogen-bond donors (Lipinski definition) is 0. The molecule has 0 aromatic heterocycles. The topological polar surface area (TPSA) is 57.2 Å². The second-order valence-electron chi connectivity index (χ2n) is 4.52. The monoisotopic (exact) mass is 290 g/mol. The maximum atomic E-state index is 11.6. The molecule has 0 radical (unpaired) electrons. The minimum absolute atomic E-state index is 0. The maximum Gasteiger partial charge on any atom is 1.00 e. The van der Waals surface area contributed by atoms with E-state index < -0.39 is 10.1 Å². The van der Waals surface area contributed by atoms with E-state index in [4.69, 9.17) is 0 Å². The number of hydrogen-bond acceptors (Lipinski definition) is 3. The Morgan fingerprint density at radius 3 is 2.24 bits per heavy atom. The Morgan fingerprint density at radius 2 is 1.57 bits per heavy atom. The Kier molecular flexibility index (Phi) is 4.27. The van der Waals surface area contributed by atoms with Crippen molar-refractivity contribution in [2.24, 2.45) is 0 Å². The van der Waals surface area contributed by atoms with Gasteiger partial charge >= 0.3 is 18.9 Å². The number of rotatable bonds is 2. The first-order valence-electron chi connectivity index (χ1n) is 6.05. The summed E-state index contributed by atoms with van der Waals surface area (Å²) in [6.45, 7) is 3.57. The second kappa shape index (κ2) is 5.67. The third-order valence-electron chi connectivity index (χ3n) is 3.38. The van der Waals surface area contributed by atoms with Gasteiger partial charge in [-0.2, -0.15) is 0 Å². The normalized spacial score (nSPS) is 11.3. The SMILES string of the molecule is C=Cc1ccc2c(ccc3ccccc32)c1S(=O)(=O)[O-].[Li+]. The molecule has 3 aromatic rings. The van der Waals surface area contributed by atoms with Crippen molar-refractivity contribution in [1.29, 1.82) is 0 Å². The van der Waals surface area contributed by atoms with Crippen LogP contribution in [0.15, 0.2) is 60.0 Å². The Morgan fingerprint density at radius 1 is 0.905 bits per heavy atom. The maximum absolute atomic E-state index is 11.6. The van der Waals surface area contributed by atoms with Crippen LogP contribution in [0.5, 0.6) is 0 Å². The van der Waals surface area contributed by atoms with Crippen LogP contribution in [0.4, 0.5) is 0 Å². The Hall–Kier alpha value is -1.57. The molecule has 0 atom stereocenters. The van der Waals surface area contributed by atoms with Crippen molar-refractivity contribution in [2.45, 2.75) is 4.90 Å². The molecule has 0 unspecified atom stereocenters. The fourth-order valence-electron chi connectivity index (χ4n) is 2.52. The third-order valence-corrected chi connectivity index (χ3v) is 4.33. The molecule has 0 aliphatic heterocycles. The molecule has 100 valence electrons. The molecular formula is C16H11LiO3S. The molecule has 3 aromatic carbocycles. The van der Waals surface area contributed by atoms with Crippen molar-refractivity contribution < 1.29 is 31.8 Å². The van der Waals surface area contributed by atoms with Crippen molar-refractivity contribution in [2.75, 3.05) is 0 Å². The van der Waals surface area contributed by atoms with Crippen molar-refractivity contribution in [3.63, 3.8) is 0 Å². The average Bonchev–Trinajstić information content (AvgIpc) is 2.44. The molecule has 0 aliphatic carbocycles. The summed E-state index contributed by atoms with van der Waals surface area (Å²) in [6.07, 6.45) is 1.39. The summed E-state index contributed by atoms with van der Waals surface area (Å²) >= 11 is 0. The van der Waals surface area contributed by atoms with Gasteiger partial charge in [0.05, 0.1) is 4.90 Å². The molecule has 0 bridgehead atoms. The van der Waals surface area contributed by atoms with Gasteiger partial charge in [-0.3, -0.25) is 0 Å². The van der Waals surface area contributed by atoms with Gasteiger partial charge in [0.25, 0.3) is 0 Å². The van der Waals surface area contributed by atoms with Crippen molar-refractivity contribution in [3.8, 4) is 0 Å². The Balaban J connectivity index is 0.00000161. The molecule has 0 saturated heterocycles. The zero-order chi connectivity index (χ0) is 14.3. The molecule has 0 fully saturated rings. The van der Waals surface area contributed by atoms with E-state index in [-0.39, 0.29) is 23.8 Å². The van der Waals surface area contributed by atoms with E-state index in [9.17, 15) is 13.0 Å². The fraction of sp³-hybridized carbons (Fsp3) is 0. The molecule has 0 saturated carbocycles. The van der Waals surface area contributed by atoms with Crippen LogP contribution < -0.4 is 18.9 Å². The van der Waals surface area contributed by atoms with Gasteiger partial charge in [0.1, 0.15) is 10.1 Å². The van der Waals surface area contributed by atoms with Crippen molar-refractivity contribution in [1.82, 2.24) is 0 Å². The van der Waals surface area contributed by atoms with E-state index in [1.54, 1.807) is 12.1 Å². The Bertz CT molecular complexity index is 946. The van der Waals surface area contributed by atoms with Crippen LogP contribution in [-0.2, 0) is 10.1 Å². The van der Waals surface area contributed by atoms with E-state index in [2.05, 4.69) is 6.58 Å². The molecule has 3 rings (SSSR count). The molecule has 0 N–H and O–H groups in total. The first-order chi connectivity index (χ1) is 9.52. The first-order valence-corrected chi connectivity index (χ1v) is 7.46. The van der Waals surface area contributed by atoms with Crippen LogP contribution in [-0.4, -0.2) is 13.0 Å². The molecule has 0 heterocycles. The van der Waals surface area contributed by atoms with Crippen LogP contribution in [0, 0.1) is 0 Å². The summed E-state index contributed by atoms with van der Waals surface area (Å²) in [5.74, 6) is 0. The second-order valence-corrected chi connectivity index (χ2v) is 5.84. The van der Waals surface area contributed by atoms with E-state index >= 15 is 0 Å². The summed E-state index contributed by atoms with van der Waals surface area (Å²) in [4.78, 5) is -0.198. The molecule has 0 spiro atoms. The quantitative estimate of drug-likeness (QED) is 0.393. The van der Waals surface area contributed by atoms with E-state index in [0.29, 0.717) is 10.9 Å². The molecular weight excluding hydrogens is 279 g/mol. The Labute approximate surface area is 135 Å². The molecule has 0 aliphatic rings. The summed E-state index contributed by atoms with van der Waals surface area (Å²) in [5.41, 5.74) is 0.336. The summed E-state index contributed by atoms with van der Waals surface area (Å²) < 4.78 is 34.7. The average molecular weight is 290 g/mol. The smallest absolute Gasteiger partial charge is 0.744 e. The number of benzene rings is 3. The minimum atomic E-state index is -4.56. The first kappa shape index (κ1) is 15.8. The predicted molar refractivity (Wildman–Crippen MR) is 79.5 cm³/mol. The summed E-state index contributed by atoms with van der Waals surface area (Å²) in [6, 6.07) is 14.6. The zero-order valence-electron chi connectivity index (χ0n) is 11.5. The van der Waals surface area contributed by atoms with Gasteiger partial charge in [0.15, 0.2) is 0 Å². The fourth-order valence-corrected chi connectivity index (χ4v) is 3.40. The third kappa shape index (κ3) is 2.64. The van der Waals surface area contributed by atoms with Crippen molar-refractivity contribution in [3.05, 3.63) is 60.7 Å². The zero-order valence-corrected chi connectivity index (χ0v) is 12.4.